The van der Waals surface area contributed by atoms with Gasteiger partial charge in [0, 0.05) is 6.07 Å². The van der Waals surface area contributed by atoms with Crippen LogP contribution in [0.25, 0.3) is 0 Å². The zero-order valence-corrected chi connectivity index (χ0v) is 14.8. The van der Waals surface area contributed by atoms with Crippen LogP contribution in [0.5, 0.6) is 17.4 Å². The molecule has 1 aromatic carbocycles. The van der Waals surface area contributed by atoms with E-state index in [0.717, 1.165) is 12.1 Å². The van der Waals surface area contributed by atoms with E-state index in [1.54, 1.807) is 20.8 Å². The van der Waals surface area contributed by atoms with Crippen LogP contribution in [0.2, 0.25) is 5.15 Å². The first-order valence-electron chi connectivity index (χ1n) is 7.36. The maximum absolute atomic E-state index is 12.1. The fraction of sp³-hybridized carbons (Fsp3) is 0.294. The molecule has 0 spiro atoms. The Bertz CT molecular complexity index is 786. The number of benzene rings is 1. The second-order valence-corrected chi connectivity index (χ2v) is 6.53. The monoisotopic (exact) mass is 389 g/mol. The molecule has 2 rings (SSSR count). The van der Waals surface area contributed by atoms with Gasteiger partial charge in [0.25, 0.3) is 0 Å². The Morgan fingerprint density at radius 1 is 1.04 bits per heavy atom. The molecule has 0 bridgehead atoms. The van der Waals surface area contributed by atoms with Gasteiger partial charge in [0.05, 0.1) is 5.56 Å². The third-order valence-corrected chi connectivity index (χ3v) is 2.88. The zero-order valence-electron chi connectivity index (χ0n) is 14.1. The second-order valence-electron chi connectivity index (χ2n) is 6.14. The third-order valence-electron chi connectivity index (χ3n) is 2.68. The first-order valence-corrected chi connectivity index (χ1v) is 7.74. The standard InChI is InChI=1S/C17H15ClF3NO4/c1-16(2,3)26-15(23)10-8-13(18)22-14(9-10)24-11-4-6-12(7-5-11)25-17(19,20)21/h4-9H,1-3H3. The number of halogens is 4. The molecule has 0 N–H and O–H groups in total. The van der Waals surface area contributed by atoms with E-state index in [0.29, 0.717) is 0 Å². The SMILES string of the molecule is CC(C)(C)OC(=O)c1cc(Cl)nc(Oc2ccc(OC(F)(F)F)cc2)c1. The van der Waals surface area contributed by atoms with Crippen LogP contribution in [-0.4, -0.2) is 22.9 Å². The van der Waals surface area contributed by atoms with E-state index >= 15 is 0 Å². The molecule has 0 unspecified atom stereocenters. The summed E-state index contributed by atoms with van der Waals surface area (Å²) in [6.45, 7) is 5.15. The molecule has 0 aliphatic heterocycles. The van der Waals surface area contributed by atoms with Crippen molar-refractivity contribution in [2.75, 3.05) is 0 Å². The van der Waals surface area contributed by atoms with Gasteiger partial charge in [-0.05, 0) is 51.1 Å². The molecular weight excluding hydrogens is 375 g/mol. The summed E-state index contributed by atoms with van der Waals surface area (Å²) in [5.74, 6) is -0.828. The lowest BCUT2D eigenvalue weighted by atomic mass is 10.2. The van der Waals surface area contributed by atoms with E-state index in [1.165, 1.54) is 24.3 Å². The van der Waals surface area contributed by atoms with Crippen LogP contribution < -0.4 is 9.47 Å². The fourth-order valence-corrected chi connectivity index (χ4v) is 2.01. The number of esters is 1. The van der Waals surface area contributed by atoms with Crippen LogP contribution in [0.15, 0.2) is 36.4 Å². The summed E-state index contributed by atoms with van der Waals surface area (Å²) in [5, 5.41) is 0.000356. The molecule has 26 heavy (non-hydrogen) atoms. The van der Waals surface area contributed by atoms with Crippen molar-refractivity contribution in [1.82, 2.24) is 4.98 Å². The average molecular weight is 390 g/mol. The van der Waals surface area contributed by atoms with Crippen molar-refractivity contribution < 1.29 is 32.2 Å². The quantitative estimate of drug-likeness (QED) is 0.519. The lowest BCUT2D eigenvalue weighted by Crippen LogP contribution is -2.23. The molecule has 1 aromatic heterocycles. The van der Waals surface area contributed by atoms with Crippen molar-refractivity contribution in [3.63, 3.8) is 0 Å². The van der Waals surface area contributed by atoms with E-state index in [2.05, 4.69) is 9.72 Å². The van der Waals surface area contributed by atoms with Crippen LogP contribution in [0.1, 0.15) is 31.1 Å². The predicted octanol–water partition coefficient (Wildman–Crippen LogP) is 5.38. The van der Waals surface area contributed by atoms with Crippen molar-refractivity contribution >= 4 is 17.6 Å². The Hall–Kier alpha value is -2.48. The number of hydrogen-bond acceptors (Lipinski definition) is 5. The minimum absolute atomic E-state index is 0.000356. The average Bonchev–Trinajstić information content (AvgIpc) is 2.45. The van der Waals surface area contributed by atoms with Gasteiger partial charge in [-0.15, -0.1) is 13.2 Å². The summed E-state index contributed by atoms with van der Waals surface area (Å²) in [6.07, 6.45) is -4.78. The van der Waals surface area contributed by atoms with Crippen molar-refractivity contribution in [2.24, 2.45) is 0 Å². The molecule has 9 heteroatoms. The van der Waals surface area contributed by atoms with Crippen LogP contribution in [-0.2, 0) is 4.74 Å². The van der Waals surface area contributed by atoms with Gasteiger partial charge in [-0.25, -0.2) is 9.78 Å². The summed E-state index contributed by atoms with van der Waals surface area (Å²) in [6, 6.07) is 7.33. The molecule has 0 aliphatic carbocycles. The Balaban J connectivity index is 2.15. The molecule has 2 aromatic rings. The summed E-state index contributed by atoms with van der Waals surface area (Å²) < 4.78 is 50.9. The number of ether oxygens (including phenoxy) is 3. The van der Waals surface area contributed by atoms with E-state index < -0.39 is 23.7 Å². The van der Waals surface area contributed by atoms with Gasteiger partial charge >= 0.3 is 12.3 Å². The number of nitrogens with zero attached hydrogens (tertiary/aromatic N) is 1. The third kappa shape index (κ3) is 6.44. The first-order chi connectivity index (χ1) is 11.9. The molecule has 0 amide bonds. The molecule has 1 heterocycles. The maximum atomic E-state index is 12.1. The highest BCUT2D eigenvalue weighted by atomic mass is 35.5. The number of rotatable bonds is 4. The van der Waals surface area contributed by atoms with E-state index in [1.807, 2.05) is 0 Å². The van der Waals surface area contributed by atoms with Gasteiger partial charge < -0.3 is 14.2 Å². The van der Waals surface area contributed by atoms with E-state index in [9.17, 15) is 18.0 Å². The summed E-state index contributed by atoms with van der Waals surface area (Å²) in [5.41, 5.74) is -0.561. The van der Waals surface area contributed by atoms with Crippen molar-refractivity contribution in [3.05, 3.63) is 47.1 Å². The van der Waals surface area contributed by atoms with Crippen LogP contribution in [0.4, 0.5) is 13.2 Å². The predicted molar refractivity (Wildman–Crippen MR) is 87.6 cm³/mol. The Labute approximate surface area is 152 Å². The molecule has 0 saturated heterocycles. The normalized spacial score (nSPS) is 11.8. The number of aromatic nitrogens is 1. The molecule has 0 saturated carbocycles. The highest BCUT2D eigenvalue weighted by molar-refractivity contribution is 6.29. The molecule has 5 nitrogen and oxygen atoms in total. The number of hydrogen-bond donors (Lipinski definition) is 0. The van der Waals surface area contributed by atoms with Crippen molar-refractivity contribution in [3.8, 4) is 17.4 Å². The highest BCUT2D eigenvalue weighted by Gasteiger charge is 2.31. The topological polar surface area (TPSA) is 57.7 Å². The first kappa shape index (κ1) is 19.8. The zero-order chi connectivity index (χ0) is 19.5. The Morgan fingerprint density at radius 2 is 1.62 bits per heavy atom. The molecular formula is C17H15ClF3NO4. The van der Waals surface area contributed by atoms with Gasteiger partial charge in [-0.3, -0.25) is 0 Å². The lowest BCUT2D eigenvalue weighted by Gasteiger charge is -2.19. The van der Waals surface area contributed by atoms with Gasteiger partial charge in [0.1, 0.15) is 22.3 Å². The van der Waals surface area contributed by atoms with Crippen LogP contribution >= 0.6 is 11.6 Å². The van der Waals surface area contributed by atoms with Gasteiger partial charge in [-0.2, -0.15) is 0 Å². The number of carbonyl (C=O) groups is 1. The Morgan fingerprint density at radius 3 is 2.15 bits per heavy atom. The summed E-state index contributed by atoms with van der Waals surface area (Å²) in [7, 11) is 0. The van der Waals surface area contributed by atoms with E-state index in [4.69, 9.17) is 21.1 Å². The number of pyridine rings is 1. The number of carbonyl (C=O) groups excluding carboxylic acids is 1. The Kier molecular flexibility index (Phi) is 5.65. The van der Waals surface area contributed by atoms with Crippen molar-refractivity contribution in [2.45, 2.75) is 32.7 Å². The largest absolute Gasteiger partial charge is 0.573 e. The molecule has 140 valence electrons. The van der Waals surface area contributed by atoms with Crippen LogP contribution in [0, 0.1) is 0 Å². The molecule has 0 atom stereocenters. The van der Waals surface area contributed by atoms with Crippen LogP contribution in [0.3, 0.4) is 0 Å². The van der Waals surface area contributed by atoms with Gasteiger partial charge in [-0.1, -0.05) is 11.6 Å². The smallest absolute Gasteiger partial charge is 0.456 e. The minimum atomic E-state index is -4.78. The fourth-order valence-electron chi connectivity index (χ4n) is 1.81. The number of alkyl halides is 3. The molecule has 0 radical (unpaired) electrons. The van der Waals surface area contributed by atoms with Gasteiger partial charge in [0.2, 0.25) is 5.88 Å². The molecule has 0 aliphatic rings. The summed E-state index contributed by atoms with van der Waals surface area (Å²) >= 11 is 5.89. The van der Waals surface area contributed by atoms with E-state index in [-0.39, 0.29) is 22.3 Å². The van der Waals surface area contributed by atoms with Gasteiger partial charge in [0.15, 0.2) is 0 Å². The minimum Gasteiger partial charge on any atom is -0.456 e. The summed E-state index contributed by atoms with van der Waals surface area (Å²) in [4.78, 5) is 16.0. The maximum Gasteiger partial charge on any atom is 0.573 e. The van der Waals surface area contributed by atoms with Crippen molar-refractivity contribution in [1.29, 1.82) is 0 Å². The lowest BCUT2D eigenvalue weighted by molar-refractivity contribution is -0.274. The molecule has 0 fully saturated rings. The second kappa shape index (κ2) is 7.41. The highest BCUT2D eigenvalue weighted by Crippen LogP contribution is 2.28.